The number of hydrogen-bond donors (Lipinski definition) is 1. The van der Waals surface area contributed by atoms with Crippen molar-refractivity contribution in [1.29, 1.82) is 0 Å². The van der Waals surface area contributed by atoms with Crippen LogP contribution >= 0.6 is 0 Å². The maximum atomic E-state index is 12.3. The van der Waals surface area contributed by atoms with Gasteiger partial charge in [-0.05, 0) is 36.6 Å². The van der Waals surface area contributed by atoms with Crippen molar-refractivity contribution >= 4 is 5.91 Å². The highest BCUT2D eigenvalue weighted by Crippen LogP contribution is 2.14. The highest BCUT2D eigenvalue weighted by molar-refractivity contribution is 5.79. The molecule has 0 atom stereocenters. The lowest BCUT2D eigenvalue weighted by Crippen LogP contribution is -2.25. The van der Waals surface area contributed by atoms with Gasteiger partial charge < -0.3 is 9.88 Å². The fourth-order valence-corrected chi connectivity index (χ4v) is 2.73. The van der Waals surface area contributed by atoms with Gasteiger partial charge in [0, 0.05) is 18.9 Å². The molecular formula is C20H21N3O. The first-order valence-electron chi connectivity index (χ1n) is 8.02. The Balaban J connectivity index is 1.68. The molecule has 0 spiro atoms. The van der Waals surface area contributed by atoms with Crippen LogP contribution in [0.15, 0.2) is 61.2 Å². The molecule has 1 heterocycles. The van der Waals surface area contributed by atoms with Crippen LogP contribution in [0, 0.1) is 13.8 Å². The summed E-state index contributed by atoms with van der Waals surface area (Å²) in [7, 11) is 0. The summed E-state index contributed by atoms with van der Waals surface area (Å²) in [5, 5.41) is 3.02. The lowest BCUT2D eigenvalue weighted by molar-refractivity contribution is -0.120. The second kappa shape index (κ2) is 7.13. The fourth-order valence-electron chi connectivity index (χ4n) is 2.73. The highest BCUT2D eigenvalue weighted by atomic mass is 16.1. The number of carbonyl (C=O) groups excluding carboxylic acids is 1. The number of hydrogen-bond acceptors (Lipinski definition) is 2. The Morgan fingerprint density at radius 1 is 1.12 bits per heavy atom. The number of nitrogens with one attached hydrogen (secondary N) is 1. The van der Waals surface area contributed by atoms with Gasteiger partial charge in [-0.3, -0.25) is 4.79 Å². The Labute approximate surface area is 142 Å². The van der Waals surface area contributed by atoms with Gasteiger partial charge in [-0.25, -0.2) is 4.98 Å². The van der Waals surface area contributed by atoms with Gasteiger partial charge in [0.25, 0.3) is 0 Å². The van der Waals surface area contributed by atoms with Crippen molar-refractivity contribution in [3.8, 4) is 5.69 Å². The van der Waals surface area contributed by atoms with Crippen molar-refractivity contribution in [2.45, 2.75) is 26.8 Å². The van der Waals surface area contributed by atoms with E-state index in [0.29, 0.717) is 13.0 Å². The summed E-state index contributed by atoms with van der Waals surface area (Å²) in [5.41, 5.74) is 5.49. The van der Waals surface area contributed by atoms with Crippen LogP contribution in [-0.4, -0.2) is 15.5 Å². The summed E-state index contributed by atoms with van der Waals surface area (Å²) < 4.78 is 1.95. The first kappa shape index (κ1) is 16.0. The lowest BCUT2D eigenvalue weighted by Gasteiger charge is -2.12. The molecule has 4 heteroatoms. The van der Waals surface area contributed by atoms with Gasteiger partial charge in [0.05, 0.1) is 18.4 Å². The molecule has 24 heavy (non-hydrogen) atoms. The Hall–Kier alpha value is -2.88. The molecule has 0 aliphatic carbocycles. The van der Waals surface area contributed by atoms with Crippen molar-refractivity contribution in [2.24, 2.45) is 0 Å². The van der Waals surface area contributed by atoms with E-state index in [2.05, 4.69) is 28.5 Å². The van der Waals surface area contributed by atoms with Crippen molar-refractivity contribution < 1.29 is 4.79 Å². The normalized spacial score (nSPS) is 10.6. The smallest absolute Gasteiger partial charge is 0.224 e. The molecule has 1 amide bonds. The third kappa shape index (κ3) is 3.71. The largest absolute Gasteiger partial charge is 0.352 e. The van der Waals surface area contributed by atoms with Crippen LogP contribution in [0.5, 0.6) is 0 Å². The molecule has 0 bridgehead atoms. The number of carbonyl (C=O) groups is 1. The molecule has 0 unspecified atom stereocenters. The first-order chi connectivity index (χ1) is 11.6. The minimum absolute atomic E-state index is 0.0316. The average molecular weight is 319 g/mol. The predicted molar refractivity (Wildman–Crippen MR) is 95.0 cm³/mol. The summed E-state index contributed by atoms with van der Waals surface area (Å²) in [6, 6.07) is 14.2. The highest BCUT2D eigenvalue weighted by Gasteiger charge is 2.08. The van der Waals surface area contributed by atoms with Crippen LogP contribution in [0.3, 0.4) is 0 Å². The van der Waals surface area contributed by atoms with Crippen LogP contribution in [0.2, 0.25) is 0 Å². The summed E-state index contributed by atoms with van der Waals surface area (Å²) >= 11 is 0. The van der Waals surface area contributed by atoms with Crippen LogP contribution in [0.4, 0.5) is 0 Å². The van der Waals surface area contributed by atoms with Gasteiger partial charge >= 0.3 is 0 Å². The van der Waals surface area contributed by atoms with E-state index in [4.69, 9.17) is 0 Å². The van der Waals surface area contributed by atoms with Gasteiger partial charge in [0.2, 0.25) is 5.91 Å². The van der Waals surface area contributed by atoms with E-state index in [1.54, 1.807) is 12.5 Å². The molecule has 1 aromatic heterocycles. The van der Waals surface area contributed by atoms with E-state index in [0.717, 1.165) is 22.4 Å². The Kier molecular flexibility index (Phi) is 4.75. The van der Waals surface area contributed by atoms with Crippen LogP contribution in [-0.2, 0) is 17.8 Å². The number of rotatable bonds is 5. The van der Waals surface area contributed by atoms with Crippen LogP contribution in [0.25, 0.3) is 5.69 Å². The molecule has 0 saturated heterocycles. The summed E-state index contributed by atoms with van der Waals surface area (Å²) in [4.78, 5) is 16.4. The van der Waals surface area contributed by atoms with Crippen molar-refractivity contribution in [2.75, 3.05) is 0 Å². The van der Waals surface area contributed by atoms with E-state index in [9.17, 15) is 4.79 Å². The molecule has 1 N–H and O–H groups in total. The van der Waals surface area contributed by atoms with Crippen molar-refractivity contribution in [1.82, 2.24) is 14.9 Å². The zero-order valence-electron chi connectivity index (χ0n) is 14.0. The third-order valence-electron chi connectivity index (χ3n) is 4.11. The average Bonchev–Trinajstić information content (AvgIpc) is 3.11. The molecule has 0 saturated carbocycles. The number of nitrogens with zero attached hydrogens (tertiary/aromatic N) is 2. The second-order valence-electron chi connectivity index (χ2n) is 5.98. The topological polar surface area (TPSA) is 46.9 Å². The summed E-state index contributed by atoms with van der Waals surface area (Å²) in [5.74, 6) is 0.0316. The van der Waals surface area contributed by atoms with E-state index >= 15 is 0 Å². The van der Waals surface area contributed by atoms with Gasteiger partial charge in [0.1, 0.15) is 0 Å². The Morgan fingerprint density at radius 2 is 1.96 bits per heavy atom. The summed E-state index contributed by atoms with van der Waals surface area (Å²) in [6.07, 6.45) is 5.81. The Bertz CT molecular complexity index is 838. The van der Waals surface area contributed by atoms with E-state index in [-0.39, 0.29) is 5.91 Å². The van der Waals surface area contributed by atoms with E-state index < -0.39 is 0 Å². The molecule has 0 aliphatic heterocycles. The molecule has 4 nitrogen and oxygen atoms in total. The maximum Gasteiger partial charge on any atom is 0.224 e. The minimum atomic E-state index is 0.0316. The number of benzene rings is 2. The van der Waals surface area contributed by atoms with Crippen molar-refractivity contribution in [3.05, 3.63) is 83.4 Å². The monoisotopic (exact) mass is 319 g/mol. The van der Waals surface area contributed by atoms with Crippen molar-refractivity contribution in [3.63, 3.8) is 0 Å². The zero-order chi connectivity index (χ0) is 16.9. The second-order valence-corrected chi connectivity index (χ2v) is 5.98. The SMILES string of the molecule is Cc1ccc(C)c(CC(=O)NCc2ccccc2-n2ccnc2)c1. The van der Waals surface area contributed by atoms with Gasteiger partial charge in [0.15, 0.2) is 0 Å². The molecule has 3 aromatic rings. The molecule has 0 aliphatic rings. The molecule has 0 fully saturated rings. The molecule has 3 rings (SSSR count). The molecule has 122 valence electrons. The third-order valence-corrected chi connectivity index (χ3v) is 4.11. The van der Waals surface area contributed by atoms with Crippen LogP contribution in [0.1, 0.15) is 22.3 Å². The quantitative estimate of drug-likeness (QED) is 0.784. The molecular weight excluding hydrogens is 298 g/mol. The number of aromatic nitrogens is 2. The van der Waals surface area contributed by atoms with Crippen LogP contribution < -0.4 is 5.32 Å². The van der Waals surface area contributed by atoms with E-state index in [1.807, 2.05) is 48.9 Å². The number of amides is 1. The molecule has 2 aromatic carbocycles. The standard InChI is InChI=1S/C20H21N3O/c1-15-7-8-16(2)18(11-15)12-20(24)22-13-17-5-3-4-6-19(17)23-10-9-21-14-23/h3-11,14H,12-13H2,1-2H3,(H,22,24). The number of imidazole rings is 1. The summed E-state index contributed by atoms with van der Waals surface area (Å²) in [6.45, 7) is 4.58. The molecule has 0 radical (unpaired) electrons. The zero-order valence-corrected chi connectivity index (χ0v) is 14.0. The van der Waals surface area contributed by atoms with E-state index in [1.165, 1.54) is 5.56 Å². The van der Waals surface area contributed by atoms with Gasteiger partial charge in [-0.15, -0.1) is 0 Å². The lowest BCUT2D eigenvalue weighted by atomic mass is 10.0. The minimum Gasteiger partial charge on any atom is -0.352 e. The fraction of sp³-hybridized carbons (Fsp3) is 0.200. The first-order valence-corrected chi connectivity index (χ1v) is 8.02. The number of para-hydroxylation sites is 1. The van der Waals surface area contributed by atoms with Gasteiger partial charge in [-0.2, -0.15) is 0 Å². The maximum absolute atomic E-state index is 12.3. The number of aryl methyl sites for hydroxylation is 2. The van der Waals surface area contributed by atoms with Gasteiger partial charge in [-0.1, -0.05) is 42.0 Å². The predicted octanol–water partition coefficient (Wildman–Crippen LogP) is 3.35. The Morgan fingerprint density at radius 3 is 2.75 bits per heavy atom.